The number of piperidine rings is 1. The number of likely N-dealkylation sites (tertiary alicyclic amines) is 2. The highest BCUT2D eigenvalue weighted by Gasteiger charge is 2.38. The topological polar surface area (TPSA) is 79.4 Å². The summed E-state index contributed by atoms with van der Waals surface area (Å²) < 4.78 is 10.7. The van der Waals surface area contributed by atoms with E-state index in [1.54, 1.807) is 7.11 Å². The standard InChI is InChI=1S/C24H33N3O5/c1-17-20(4-3-5-21(17)31-2)24(30)25-8-6-18(7-9-25)15-27-16-19(14-22(27)28)23(29)26-10-12-32-13-11-26/h3-5,18-19H,6-16H2,1-2H3. The Morgan fingerprint density at radius 3 is 2.50 bits per heavy atom. The summed E-state index contributed by atoms with van der Waals surface area (Å²) in [7, 11) is 1.61. The fourth-order valence-corrected chi connectivity index (χ4v) is 5.02. The third kappa shape index (κ3) is 4.75. The van der Waals surface area contributed by atoms with E-state index in [0.29, 0.717) is 70.4 Å². The van der Waals surface area contributed by atoms with Gasteiger partial charge in [0.05, 0.1) is 26.2 Å². The van der Waals surface area contributed by atoms with Gasteiger partial charge in [-0.25, -0.2) is 0 Å². The smallest absolute Gasteiger partial charge is 0.254 e. The van der Waals surface area contributed by atoms with E-state index in [0.717, 1.165) is 24.2 Å². The number of carbonyl (C=O) groups is 3. The van der Waals surface area contributed by atoms with Crippen molar-refractivity contribution in [2.45, 2.75) is 26.2 Å². The van der Waals surface area contributed by atoms with Gasteiger partial charge in [0, 0.05) is 56.8 Å². The summed E-state index contributed by atoms with van der Waals surface area (Å²) in [6.07, 6.45) is 2.03. The lowest BCUT2D eigenvalue weighted by molar-refractivity contribution is -0.139. The molecule has 0 saturated carbocycles. The maximum Gasteiger partial charge on any atom is 0.254 e. The highest BCUT2D eigenvalue weighted by molar-refractivity contribution is 5.96. The fraction of sp³-hybridized carbons (Fsp3) is 0.625. The third-order valence-electron chi connectivity index (χ3n) is 7.00. The number of hydrogen-bond acceptors (Lipinski definition) is 5. The Hall–Kier alpha value is -2.61. The van der Waals surface area contributed by atoms with Gasteiger partial charge in [0.25, 0.3) is 5.91 Å². The summed E-state index contributed by atoms with van der Waals surface area (Å²) in [5.74, 6) is 1.03. The van der Waals surface area contributed by atoms with Crippen LogP contribution >= 0.6 is 0 Å². The molecule has 3 fully saturated rings. The molecule has 0 N–H and O–H groups in total. The lowest BCUT2D eigenvalue weighted by Crippen LogP contribution is -2.45. The Balaban J connectivity index is 1.28. The summed E-state index contributed by atoms with van der Waals surface area (Å²) in [6, 6.07) is 5.56. The van der Waals surface area contributed by atoms with Crippen molar-refractivity contribution in [1.29, 1.82) is 0 Å². The van der Waals surface area contributed by atoms with E-state index in [1.165, 1.54) is 0 Å². The predicted molar refractivity (Wildman–Crippen MR) is 118 cm³/mol. The second-order valence-electron chi connectivity index (χ2n) is 9.01. The summed E-state index contributed by atoms with van der Waals surface area (Å²) in [5, 5.41) is 0. The zero-order chi connectivity index (χ0) is 22.7. The molecule has 4 rings (SSSR count). The van der Waals surface area contributed by atoms with Crippen LogP contribution in [0.25, 0.3) is 0 Å². The van der Waals surface area contributed by atoms with Gasteiger partial charge in [-0.1, -0.05) is 6.07 Å². The van der Waals surface area contributed by atoms with E-state index in [-0.39, 0.29) is 23.6 Å². The van der Waals surface area contributed by atoms with E-state index in [4.69, 9.17) is 9.47 Å². The SMILES string of the molecule is COc1cccc(C(=O)N2CCC(CN3CC(C(=O)N4CCOCC4)CC3=O)CC2)c1C. The van der Waals surface area contributed by atoms with Gasteiger partial charge >= 0.3 is 0 Å². The number of benzene rings is 1. The number of rotatable bonds is 5. The minimum Gasteiger partial charge on any atom is -0.496 e. The van der Waals surface area contributed by atoms with Crippen LogP contribution in [0.3, 0.4) is 0 Å². The highest BCUT2D eigenvalue weighted by atomic mass is 16.5. The first kappa shape index (κ1) is 22.6. The average Bonchev–Trinajstić information content (AvgIpc) is 3.19. The summed E-state index contributed by atoms with van der Waals surface area (Å²) in [5.41, 5.74) is 1.54. The molecule has 0 bridgehead atoms. The molecule has 1 unspecified atom stereocenters. The largest absolute Gasteiger partial charge is 0.496 e. The first-order valence-electron chi connectivity index (χ1n) is 11.5. The van der Waals surface area contributed by atoms with Crippen LogP contribution in [-0.4, -0.2) is 92.0 Å². The minimum absolute atomic E-state index is 0.0354. The molecule has 3 aliphatic rings. The molecule has 32 heavy (non-hydrogen) atoms. The van der Waals surface area contributed by atoms with Crippen molar-refractivity contribution in [1.82, 2.24) is 14.7 Å². The van der Waals surface area contributed by atoms with E-state index >= 15 is 0 Å². The molecule has 0 radical (unpaired) electrons. The first-order valence-corrected chi connectivity index (χ1v) is 11.5. The molecule has 1 atom stereocenters. The van der Waals surface area contributed by atoms with Gasteiger partial charge in [-0.15, -0.1) is 0 Å². The average molecular weight is 444 g/mol. The summed E-state index contributed by atoms with van der Waals surface area (Å²) in [6.45, 7) is 6.82. The van der Waals surface area contributed by atoms with Crippen molar-refractivity contribution < 1.29 is 23.9 Å². The van der Waals surface area contributed by atoms with Gasteiger partial charge in [0.2, 0.25) is 11.8 Å². The highest BCUT2D eigenvalue weighted by Crippen LogP contribution is 2.27. The fourth-order valence-electron chi connectivity index (χ4n) is 5.02. The number of morpholine rings is 1. The van der Waals surface area contributed by atoms with E-state index in [9.17, 15) is 14.4 Å². The lowest BCUT2D eigenvalue weighted by Gasteiger charge is -2.34. The molecule has 1 aromatic rings. The molecule has 0 aromatic heterocycles. The number of hydrogen-bond donors (Lipinski definition) is 0. The molecule has 174 valence electrons. The summed E-state index contributed by atoms with van der Waals surface area (Å²) >= 11 is 0. The van der Waals surface area contributed by atoms with Crippen LogP contribution < -0.4 is 4.74 Å². The Morgan fingerprint density at radius 1 is 1.09 bits per heavy atom. The molecule has 3 aliphatic heterocycles. The molecule has 0 spiro atoms. The Labute approximate surface area is 189 Å². The number of amides is 3. The van der Waals surface area contributed by atoms with Crippen molar-refractivity contribution in [3.05, 3.63) is 29.3 Å². The molecule has 3 saturated heterocycles. The van der Waals surface area contributed by atoms with Crippen LogP contribution in [0.15, 0.2) is 18.2 Å². The zero-order valence-corrected chi connectivity index (χ0v) is 19.0. The van der Waals surface area contributed by atoms with Crippen LogP contribution in [0.4, 0.5) is 0 Å². The van der Waals surface area contributed by atoms with Gasteiger partial charge in [0.15, 0.2) is 0 Å². The Bertz CT molecular complexity index is 859. The van der Waals surface area contributed by atoms with Crippen LogP contribution in [0.2, 0.25) is 0 Å². The molecular weight excluding hydrogens is 410 g/mol. The number of nitrogens with zero attached hydrogens (tertiary/aromatic N) is 3. The van der Waals surface area contributed by atoms with Crippen LogP contribution in [0.1, 0.15) is 35.2 Å². The number of methoxy groups -OCH3 is 1. The maximum atomic E-state index is 13.0. The second kappa shape index (κ2) is 9.90. The second-order valence-corrected chi connectivity index (χ2v) is 9.01. The van der Waals surface area contributed by atoms with Crippen LogP contribution in [0, 0.1) is 18.8 Å². The van der Waals surface area contributed by atoms with Crippen molar-refractivity contribution in [3.8, 4) is 5.75 Å². The van der Waals surface area contributed by atoms with Crippen molar-refractivity contribution >= 4 is 17.7 Å². The Kier molecular flexibility index (Phi) is 6.98. The molecule has 3 heterocycles. The monoisotopic (exact) mass is 443 g/mol. The van der Waals surface area contributed by atoms with Gasteiger partial charge < -0.3 is 24.2 Å². The third-order valence-corrected chi connectivity index (χ3v) is 7.00. The normalized spacial score (nSPS) is 22.4. The molecule has 1 aromatic carbocycles. The lowest BCUT2D eigenvalue weighted by atomic mass is 9.95. The van der Waals surface area contributed by atoms with Gasteiger partial charge in [0.1, 0.15) is 5.75 Å². The molecular formula is C24H33N3O5. The van der Waals surface area contributed by atoms with Gasteiger partial charge in [-0.05, 0) is 37.8 Å². The van der Waals surface area contributed by atoms with E-state index in [1.807, 2.05) is 39.8 Å². The number of ether oxygens (including phenoxy) is 2. The van der Waals surface area contributed by atoms with Gasteiger partial charge in [-0.3, -0.25) is 14.4 Å². The van der Waals surface area contributed by atoms with Crippen LogP contribution in [-0.2, 0) is 14.3 Å². The van der Waals surface area contributed by atoms with Crippen molar-refractivity contribution in [2.75, 3.05) is 59.6 Å². The Morgan fingerprint density at radius 2 is 1.81 bits per heavy atom. The minimum atomic E-state index is -0.238. The van der Waals surface area contributed by atoms with Crippen molar-refractivity contribution in [3.63, 3.8) is 0 Å². The first-order chi connectivity index (χ1) is 15.5. The molecule has 8 nitrogen and oxygen atoms in total. The molecule has 0 aliphatic carbocycles. The quantitative estimate of drug-likeness (QED) is 0.690. The predicted octanol–water partition coefficient (Wildman–Crippen LogP) is 1.56. The summed E-state index contributed by atoms with van der Waals surface area (Å²) in [4.78, 5) is 43.9. The molecule has 3 amide bonds. The van der Waals surface area contributed by atoms with Crippen LogP contribution in [0.5, 0.6) is 5.75 Å². The zero-order valence-electron chi connectivity index (χ0n) is 19.0. The molecule has 8 heteroatoms. The number of carbonyl (C=O) groups excluding carboxylic acids is 3. The van der Waals surface area contributed by atoms with E-state index in [2.05, 4.69) is 0 Å². The van der Waals surface area contributed by atoms with Gasteiger partial charge in [-0.2, -0.15) is 0 Å². The van der Waals surface area contributed by atoms with Crippen molar-refractivity contribution in [2.24, 2.45) is 11.8 Å². The van der Waals surface area contributed by atoms with E-state index < -0.39 is 0 Å². The maximum absolute atomic E-state index is 13.0.